The largest absolute Gasteiger partial charge is 0.513 e. The predicted molar refractivity (Wildman–Crippen MR) is 31.5 cm³/mol. The van der Waals surface area contributed by atoms with Crippen molar-refractivity contribution in [3.8, 4) is 0 Å². The van der Waals surface area contributed by atoms with E-state index in [-0.39, 0.29) is 12.4 Å². The molecule has 0 radical (unpaired) electrons. The van der Waals surface area contributed by atoms with Crippen molar-refractivity contribution in [3.63, 3.8) is 0 Å². The average molecular weight is 117 g/mol. The maximum Gasteiger partial charge on any atom is 0.0918 e. The summed E-state index contributed by atoms with van der Waals surface area (Å²) < 4.78 is 0. The summed E-state index contributed by atoms with van der Waals surface area (Å²) in [7, 11) is 0. The molecule has 0 aromatic rings. The molecule has 0 rings (SSSR count). The fraction of sp³-hybridized carbons (Fsp3) is 0.600. The molecule has 0 aliphatic carbocycles. The van der Waals surface area contributed by atoms with Gasteiger partial charge in [0.2, 0.25) is 0 Å². The minimum atomic E-state index is -0.0255. The molecule has 0 fully saturated rings. The number of rotatable bonds is 3. The Hall–Kier alpha value is -0.540. The van der Waals surface area contributed by atoms with Crippen LogP contribution in [0, 0.1) is 0 Å². The molecular weight excluding hydrogens is 106 g/mol. The van der Waals surface area contributed by atoms with Gasteiger partial charge in [-0.2, -0.15) is 0 Å². The summed E-state index contributed by atoms with van der Waals surface area (Å²) in [6, 6.07) is 0. The van der Waals surface area contributed by atoms with Gasteiger partial charge in [0, 0.05) is 13.0 Å². The van der Waals surface area contributed by atoms with Crippen LogP contribution in [-0.4, -0.2) is 23.4 Å². The lowest BCUT2D eigenvalue weighted by atomic mass is 10.3. The molecule has 0 aromatic carbocycles. The van der Waals surface area contributed by atoms with Crippen molar-refractivity contribution in [3.05, 3.63) is 11.8 Å². The van der Waals surface area contributed by atoms with Crippen LogP contribution in [0.15, 0.2) is 11.8 Å². The second-order valence-corrected chi connectivity index (χ2v) is 1.40. The molecule has 0 heterocycles. The quantitative estimate of drug-likeness (QED) is 0.447. The minimum absolute atomic E-state index is 0.0255. The molecular formula is C5H11NO2. The first kappa shape index (κ1) is 7.46. The number of hydrogen-bond acceptors (Lipinski definition) is 3. The van der Waals surface area contributed by atoms with E-state index in [1.807, 2.05) is 0 Å². The van der Waals surface area contributed by atoms with Gasteiger partial charge in [-0.3, -0.25) is 0 Å². The highest BCUT2D eigenvalue weighted by Gasteiger charge is 1.86. The lowest BCUT2D eigenvalue weighted by molar-refractivity contribution is 0.268. The summed E-state index contributed by atoms with van der Waals surface area (Å²) in [5.74, 6) is 0.162. The molecule has 0 aromatic heterocycles. The standard InChI is InChI=1S/C5H11NO2/c6-3-1-5(8)2-4-7/h1,7-8H,2-4,6H2/b5-1-. The zero-order valence-corrected chi connectivity index (χ0v) is 4.67. The molecule has 0 spiro atoms. The fourth-order valence-corrected chi connectivity index (χ4v) is 0.353. The van der Waals surface area contributed by atoms with Gasteiger partial charge in [0.15, 0.2) is 0 Å². The van der Waals surface area contributed by atoms with Crippen molar-refractivity contribution >= 4 is 0 Å². The molecule has 0 saturated carbocycles. The van der Waals surface area contributed by atoms with Crippen molar-refractivity contribution in [2.45, 2.75) is 6.42 Å². The molecule has 0 aliphatic rings. The third kappa shape index (κ3) is 3.64. The van der Waals surface area contributed by atoms with E-state index in [1.54, 1.807) is 0 Å². The lowest BCUT2D eigenvalue weighted by Gasteiger charge is -1.92. The van der Waals surface area contributed by atoms with Gasteiger partial charge < -0.3 is 15.9 Å². The van der Waals surface area contributed by atoms with E-state index in [1.165, 1.54) is 6.08 Å². The first-order valence-corrected chi connectivity index (χ1v) is 2.50. The Bertz CT molecular complexity index is 80.5. The second kappa shape index (κ2) is 4.61. The Balaban J connectivity index is 3.29. The van der Waals surface area contributed by atoms with Crippen LogP contribution in [0.5, 0.6) is 0 Å². The summed E-state index contributed by atoms with van der Waals surface area (Å²) in [5.41, 5.74) is 5.04. The van der Waals surface area contributed by atoms with Gasteiger partial charge in [0.05, 0.1) is 12.4 Å². The Labute approximate surface area is 48.4 Å². The number of hydrogen-bond donors (Lipinski definition) is 3. The van der Waals surface area contributed by atoms with E-state index >= 15 is 0 Å². The number of nitrogens with two attached hydrogens (primary N) is 1. The Morgan fingerprint density at radius 2 is 2.25 bits per heavy atom. The van der Waals surface area contributed by atoms with Gasteiger partial charge in [-0.1, -0.05) is 0 Å². The number of aliphatic hydroxyl groups is 2. The second-order valence-electron chi connectivity index (χ2n) is 1.40. The third-order valence-electron chi connectivity index (χ3n) is 0.721. The van der Waals surface area contributed by atoms with Gasteiger partial charge >= 0.3 is 0 Å². The first-order valence-electron chi connectivity index (χ1n) is 2.50. The fourth-order valence-electron chi connectivity index (χ4n) is 0.353. The van der Waals surface area contributed by atoms with Gasteiger partial charge in [-0.15, -0.1) is 0 Å². The maximum absolute atomic E-state index is 8.67. The van der Waals surface area contributed by atoms with E-state index in [0.29, 0.717) is 13.0 Å². The monoisotopic (exact) mass is 117 g/mol. The van der Waals surface area contributed by atoms with Crippen molar-refractivity contribution in [1.82, 2.24) is 0 Å². The Morgan fingerprint density at radius 3 is 2.62 bits per heavy atom. The molecule has 8 heavy (non-hydrogen) atoms. The van der Waals surface area contributed by atoms with Gasteiger partial charge in [0.1, 0.15) is 0 Å². The molecule has 48 valence electrons. The van der Waals surface area contributed by atoms with Crippen LogP contribution in [0.1, 0.15) is 6.42 Å². The van der Waals surface area contributed by atoms with Crippen LogP contribution < -0.4 is 5.73 Å². The lowest BCUT2D eigenvalue weighted by Crippen LogP contribution is -1.96. The van der Waals surface area contributed by atoms with E-state index in [0.717, 1.165) is 0 Å². The van der Waals surface area contributed by atoms with E-state index in [2.05, 4.69) is 0 Å². The van der Waals surface area contributed by atoms with Crippen molar-refractivity contribution in [2.24, 2.45) is 5.73 Å². The van der Waals surface area contributed by atoms with E-state index in [9.17, 15) is 0 Å². The number of aliphatic hydroxyl groups excluding tert-OH is 2. The highest BCUT2D eigenvalue weighted by Crippen LogP contribution is 1.91. The van der Waals surface area contributed by atoms with Crippen LogP contribution in [-0.2, 0) is 0 Å². The van der Waals surface area contributed by atoms with E-state index < -0.39 is 0 Å². The zero-order chi connectivity index (χ0) is 6.41. The SMILES string of the molecule is NC/C=C(\O)CCO. The van der Waals surface area contributed by atoms with Gasteiger partial charge in [0.25, 0.3) is 0 Å². The highest BCUT2D eigenvalue weighted by molar-refractivity contribution is 4.90. The van der Waals surface area contributed by atoms with Crippen LogP contribution >= 0.6 is 0 Å². The van der Waals surface area contributed by atoms with Crippen molar-refractivity contribution in [2.75, 3.05) is 13.2 Å². The normalized spacial score (nSPS) is 12.0. The molecule has 0 unspecified atom stereocenters. The van der Waals surface area contributed by atoms with Crippen molar-refractivity contribution < 1.29 is 10.2 Å². The molecule has 4 N–H and O–H groups in total. The predicted octanol–water partition coefficient (Wildman–Crippen LogP) is -0.231. The summed E-state index contributed by atoms with van der Waals surface area (Å²) in [6.45, 7) is 0.300. The Kier molecular flexibility index (Phi) is 4.30. The van der Waals surface area contributed by atoms with Crippen LogP contribution in [0.3, 0.4) is 0 Å². The van der Waals surface area contributed by atoms with Crippen LogP contribution in [0.2, 0.25) is 0 Å². The molecule has 3 heteroatoms. The first-order chi connectivity index (χ1) is 3.81. The summed E-state index contributed by atoms with van der Waals surface area (Å²) in [5, 5.41) is 16.9. The summed E-state index contributed by atoms with van der Waals surface area (Å²) >= 11 is 0. The zero-order valence-electron chi connectivity index (χ0n) is 4.67. The topological polar surface area (TPSA) is 66.5 Å². The summed E-state index contributed by atoms with van der Waals surface area (Å²) in [4.78, 5) is 0. The molecule has 0 bridgehead atoms. The van der Waals surface area contributed by atoms with Gasteiger partial charge in [-0.25, -0.2) is 0 Å². The van der Waals surface area contributed by atoms with Crippen LogP contribution in [0.25, 0.3) is 0 Å². The third-order valence-corrected chi connectivity index (χ3v) is 0.721. The van der Waals surface area contributed by atoms with Crippen molar-refractivity contribution in [1.29, 1.82) is 0 Å². The molecule has 0 atom stereocenters. The minimum Gasteiger partial charge on any atom is -0.513 e. The molecule has 0 saturated heterocycles. The molecule has 3 nitrogen and oxygen atoms in total. The maximum atomic E-state index is 8.67. The highest BCUT2D eigenvalue weighted by atomic mass is 16.3. The average Bonchev–Trinajstić information content (AvgIpc) is 1.68. The molecule has 0 amide bonds. The van der Waals surface area contributed by atoms with Crippen LogP contribution in [0.4, 0.5) is 0 Å². The smallest absolute Gasteiger partial charge is 0.0918 e. The Morgan fingerprint density at radius 1 is 1.62 bits per heavy atom. The van der Waals surface area contributed by atoms with Gasteiger partial charge in [-0.05, 0) is 6.08 Å². The molecule has 0 aliphatic heterocycles. The van der Waals surface area contributed by atoms with E-state index in [4.69, 9.17) is 15.9 Å². The summed E-state index contributed by atoms with van der Waals surface area (Å²) in [6.07, 6.45) is 1.77.